The maximum absolute atomic E-state index is 13.3. The van der Waals surface area contributed by atoms with Gasteiger partial charge in [-0.05, 0) is 37.1 Å². The van der Waals surface area contributed by atoms with Gasteiger partial charge in [-0.3, -0.25) is 4.79 Å². The van der Waals surface area contributed by atoms with Crippen LogP contribution in [0.25, 0.3) is 0 Å². The minimum atomic E-state index is -1.27. The van der Waals surface area contributed by atoms with E-state index in [1.807, 2.05) is 54.6 Å². The van der Waals surface area contributed by atoms with E-state index in [0.29, 0.717) is 11.6 Å². The standard InChI is InChI=1S/C26H26ClN5O4/c1-26(2,24(34)35-3)30-23(33)19-14-28-25(36-4)29-22(19)32-15-20(16-8-6-5-7-9-16)21(31-32)17-10-12-18(27)13-11-17/h5-14,20H,15H2,1-4H3,(H,30,33). The first kappa shape index (κ1) is 25.1. The number of ether oxygens (including phenoxy) is 2. The van der Waals surface area contributed by atoms with Gasteiger partial charge in [-0.1, -0.05) is 54.1 Å². The van der Waals surface area contributed by atoms with Crippen molar-refractivity contribution < 1.29 is 19.1 Å². The van der Waals surface area contributed by atoms with Gasteiger partial charge in [-0.25, -0.2) is 14.8 Å². The molecule has 1 aliphatic heterocycles. The summed E-state index contributed by atoms with van der Waals surface area (Å²) in [5.41, 5.74) is 1.64. The fourth-order valence-corrected chi connectivity index (χ4v) is 4.06. The Morgan fingerprint density at radius 2 is 1.78 bits per heavy atom. The summed E-state index contributed by atoms with van der Waals surface area (Å²) in [7, 11) is 2.71. The molecule has 1 unspecified atom stereocenters. The van der Waals surface area contributed by atoms with Crippen LogP contribution < -0.4 is 15.1 Å². The molecule has 1 N–H and O–H groups in total. The molecule has 0 fully saturated rings. The van der Waals surface area contributed by atoms with E-state index in [1.54, 1.807) is 18.9 Å². The number of hydrogen-bond donors (Lipinski definition) is 1. The van der Waals surface area contributed by atoms with Gasteiger partial charge in [0.1, 0.15) is 11.1 Å². The third kappa shape index (κ3) is 5.16. The summed E-state index contributed by atoms with van der Waals surface area (Å²) in [5, 5.41) is 9.85. The number of halogens is 1. The highest BCUT2D eigenvalue weighted by Gasteiger charge is 2.35. The van der Waals surface area contributed by atoms with Gasteiger partial charge in [-0.2, -0.15) is 10.1 Å². The van der Waals surface area contributed by atoms with Crippen LogP contribution in [0.3, 0.4) is 0 Å². The minimum absolute atomic E-state index is 0.0835. The largest absolute Gasteiger partial charge is 0.467 e. The molecule has 10 heteroatoms. The van der Waals surface area contributed by atoms with Gasteiger partial charge in [0, 0.05) is 17.1 Å². The highest BCUT2D eigenvalue weighted by atomic mass is 35.5. The molecule has 0 saturated carbocycles. The fraction of sp³-hybridized carbons (Fsp3) is 0.269. The summed E-state index contributed by atoms with van der Waals surface area (Å²) in [6, 6.07) is 17.5. The van der Waals surface area contributed by atoms with Crippen molar-refractivity contribution in [2.24, 2.45) is 5.10 Å². The van der Waals surface area contributed by atoms with E-state index >= 15 is 0 Å². The van der Waals surface area contributed by atoms with Gasteiger partial charge in [0.15, 0.2) is 5.82 Å². The van der Waals surface area contributed by atoms with Crippen molar-refractivity contribution in [1.29, 1.82) is 0 Å². The Labute approximate surface area is 214 Å². The summed E-state index contributed by atoms with van der Waals surface area (Å²) < 4.78 is 10.0. The smallest absolute Gasteiger partial charge is 0.330 e. The van der Waals surface area contributed by atoms with Gasteiger partial charge in [0.05, 0.1) is 26.5 Å². The van der Waals surface area contributed by atoms with Crippen LogP contribution in [0.4, 0.5) is 5.82 Å². The predicted octanol–water partition coefficient (Wildman–Crippen LogP) is 3.83. The molecule has 0 aliphatic carbocycles. The Morgan fingerprint density at radius 1 is 1.08 bits per heavy atom. The summed E-state index contributed by atoms with van der Waals surface area (Å²) >= 11 is 6.11. The zero-order chi connectivity index (χ0) is 25.9. The van der Waals surface area contributed by atoms with Crippen molar-refractivity contribution in [1.82, 2.24) is 15.3 Å². The van der Waals surface area contributed by atoms with Crippen LogP contribution in [-0.4, -0.2) is 53.9 Å². The number of benzene rings is 2. The van der Waals surface area contributed by atoms with Crippen LogP contribution in [0, 0.1) is 0 Å². The molecule has 186 valence electrons. The lowest BCUT2D eigenvalue weighted by atomic mass is 9.90. The quantitative estimate of drug-likeness (QED) is 0.484. The third-order valence-corrected chi connectivity index (χ3v) is 6.05. The molecule has 0 saturated heterocycles. The van der Waals surface area contributed by atoms with E-state index in [4.69, 9.17) is 26.2 Å². The normalized spacial score (nSPS) is 15.3. The molecule has 1 aromatic heterocycles. The minimum Gasteiger partial charge on any atom is -0.467 e. The highest BCUT2D eigenvalue weighted by molar-refractivity contribution is 6.30. The number of carbonyl (C=O) groups excluding carboxylic acids is 2. The number of hydrogen-bond acceptors (Lipinski definition) is 8. The van der Waals surface area contributed by atoms with E-state index in [9.17, 15) is 9.59 Å². The summed E-state index contributed by atoms with van der Waals surface area (Å²) in [6.07, 6.45) is 1.36. The number of carbonyl (C=O) groups is 2. The molecule has 36 heavy (non-hydrogen) atoms. The number of amides is 1. The number of aromatic nitrogens is 2. The van der Waals surface area contributed by atoms with Crippen LogP contribution in [-0.2, 0) is 9.53 Å². The second-order valence-electron chi connectivity index (χ2n) is 8.70. The molecule has 2 heterocycles. The Hall–Kier alpha value is -3.98. The van der Waals surface area contributed by atoms with Gasteiger partial charge >= 0.3 is 12.0 Å². The van der Waals surface area contributed by atoms with Crippen LogP contribution in [0.15, 0.2) is 65.9 Å². The van der Waals surface area contributed by atoms with E-state index in [-0.39, 0.29) is 23.3 Å². The maximum Gasteiger partial charge on any atom is 0.330 e. The molecule has 0 radical (unpaired) electrons. The molecule has 9 nitrogen and oxygen atoms in total. The average molecular weight is 508 g/mol. The number of rotatable bonds is 7. The van der Waals surface area contributed by atoms with Crippen molar-refractivity contribution in [3.63, 3.8) is 0 Å². The molecule has 1 amide bonds. The van der Waals surface area contributed by atoms with Crippen molar-refractivity contribution in [3.05, 3.63) is 82.5 Å². The Morgan fingerprint density at radius 3 is 2.42 bits per heavy atom. The molecule has 0 spiro atoms. The number of esters is 1. The zero-order valence-corrected chi connectivity index (χ0v) is 21.1. The van der Waals surface area contributed by atoms with Crippen molar-refractivity contribution in [3.8, 4) is 6.01 Å². The second kappa shape index (κ2) is 10.3. The number of nitrogens with one attached hydrogen (secondary N) is 1. The van der Waals surface area contributed by atoms with Gasteiger partial charge in [0.2, 0.25) is 0 Å². The molecule has 1 aliphatic rings. The second-order valence-corrected chi connectivity index (χ2v) is 9.14. The fourth-order valence-electron chi connectivity index (χ4n) is 3.93. The molecule has 3 aromatic rings. The molecular weight excluding hydrogens is 482 g/mol. The van der Waals surface area contributed by atoms with Crippen molar-refractivity contribution in [2.75, 3.05) is 25.8 Å². The first-order valence-electron chi connectivity index (χ1n) is 11.2. The van der Waals surface area contributed by atoms with Crippen molar-refractivity contribution in [2.45, 2.75) is 25.3 Å². The first-order chi connectivity index (χ1) is 17.2. The Kier molecular flexibility index (Phi) is 7.21. The molecular formula is C26H26ClN5O4. The number of anilines is 1. The lowest BCUT2D eigenvalue weighted by Gasteiger charge is -2.24. The van der Waals surface area contributed by atoms with Crippen LogP contribution >= 0.6 is 11.6 Å². The Balaban J connectivity index is 1.77. The molecule has 0 bridgehead atoms. The van der Waals surface area contributed by atoms with Crippen LogP contribution in [0.2, 0.25) is 5.02 Å². The maximum atomic E-state index is 13.3. The first-order valence-corrected chi connectivity index (χ1v) is 11.6. The lowest BCUT2D eigenvalue weighted by molar-refractivity contribution is -0.146. The topological polar surface area (TPSA) is 106 Å². The summed E-state index contributed by atoms with van der Waals surface area (Å²) in [6.45, 7) is 3.53. The monoisotopic (exact) mass is 507 g/mol. The summed E-state index contributed by atoms with van der Waals surface area (Å²) in [4.78, 5) is 34.0. The van der Waals surface area contributed by atoms with Gasteiger partial charge < -0.3 is 14.8 Å². The SMILES string of the molecule is COC(=O)C(C)(C)NC(=O)c1cnc(OC)nc1N1CC(c2ccccc2)C(c2ccc(Cl)cc2)=N1. The number of nitrogens with zero attached hydrogens (tertiary/aromatic N) is 4. The van der Waals surface area contributed by atoms with Crippen molar-refractivity contribution >= 4 is 35.0 Å². The summed E-state index contributed by atoms with van der Waals surface area (Å²) in [5.74, 6) is -0.977. The Bertz CT molecular complexity index is 1300. The van der Waals surface area contributed by atoms with E-state index in [2.05, 4.69) is 15.3 Å². The van der Waals surface area contributed by atoms with E-state index in [0.717, 1.165) is 16.8 Å². The highest BCUT2D eigenvalue weighted by Crippen LogP contribution is 2.33. The number of methoxy groups -OCH3 is 2. The number of hydrazone groups is 1. The van der Waals surface area contributed by atoms with Crippen LogP contribution in [0.5, 0.6) is 6.01 Å². The third-order valence-electron chi connectivity index (χ3n) is 5.80. The lowest BCUT2D eigenvalue weighted by Crippen LogP contribution is -2.50. The van der Waals surface area contributed by atoms with Gasteiger partial charge in [0.25, 0.3) is 5.91 Å². The molecule has 4 rings (SSSR count). The zero-order valence-electron chi connectivity index (χ0n) is 20.4. The van der Waals surface area contributed by atoms with E-state index in [1.165, 1.54) is 20.4 Å². The van der Waals surface area contributed by atoms with E-state index < -0.39 is 17.4 Å². The van der Waals surface area contributed by atoms with Gasteiger partial charge in [-0.15, -0.1) is 0 Å². The van der Waals surface area contributed by atoms with Crippen LogP contribution in [0.1, 0.15) is 41.3 Å². The molecule has 1 atom stereocenters. The average Bonchev–Trinajstić information content (AvgIpc) is 3.34. The molecule has 2 aromatic carbocycles. The predicted molar refractivity (Wildman–Crippen MR) is 137 cm³/mol.